The Bertz CT molecular complexity index is 272. The van der Waals surface area contributed by atoms with Gasteiger partial charge in [0.25, 0.3) is 0 Å². The lowest BCUT2D eigenvalue weighted by atomic mass is 10.9. The molecule has 0 aliphatic rings. The van der Waals surface area contributed by atoms with Crippen LogP contribution in [-0.4, -0.2) is 31.9 Å². The van der Waals surface area contributed by atoms with Gasteiger partial charge in [0.2, 0.25) is 8.41 Å². The second kappa shape index (κ2) is 5.70. The molecule has 0 saturated heterocycles. The van der Waals surface area contributed by atoms with Crippen molar-refractivity contribution in [1.29, 1.82) is 0 Å². The normalized spacial score (nSPS) is 15.8. The van der Waals surface area contributed by atoms with E-state index in [9.17, 15) is 0 Å². The van der Waals surface area contributed by atoms with Crippen molar-refractivity contribution in [3.05, 3.63) is 0 Å². The molecule has 0 spiro atoms. The fourth-order valence-corrected chi connectivity index (χ4v) is 55.2. The van der Waals surface area contributed by atoms with E-state index in [1.807, 2.05) is 0 Å². The van der Waals surface area contributed by atoms with Gasteiger partial charge in [-0.25, -0.2) is 0 Å². The van der Waals surface area contributed by atoms with E-state index in [2.05, 4.69) is 66.2 Å². The third kappa shape index (κ3) is 3.00. The third-order valence-corrected chi connectivity index (χ3v) is 40.2. The van der Waals surface area contributed by atoms with E-state index < -0.39 is 31.9 Å². The molecule has 0 N–H and O–H groups in total. The highest BCUT2D eigenvalue weighted by atomic mass is 35.6. The molecule has 0 fully saturated rings. The highest BCUT2D eigenvalue weighted by Gasteiger charge is 2.72. The molecule has 0 amide bonds. The lowest BCUT2D eigenvalue weighted by Crippen LogP contribution is -2.75. The van der Waals surface area contributed by atoms with Gasteiger partial charge in [-0.1, -0.05) is 66.2 Å². The van der Waals surface area contributed by atoms with E-state index in [-0.39, 0.29) is 3.91 Å². The van der Waals surface area contributed by atoms with E-state index in [4.69, 9.17) is 11.1 Å². The van der Waals surface area contributed by atoms with Crippen LogP contribution in [0.3, 0.4) is 0 Å². The summed E-state index contributed by atoms with van der Waals surface area (Å²) in [4.78, 5) is 0. The highest BCUT2D eigenvalue weighted by molar-refractivity contribution is 7.40. The quantitative estimate of drug-likeness (QED) is 0.380. The van der Waals surface area contributed by atoms with Crippen LogP contribution in [0.1, 0.15) is 13.8 Å². The molecule has 116 valence electrons. The largest absolute Gasteiger partial charge is 0.314 e. The van der Waals surface area contributed by atoms with Gasteiger partial charge >= 0.3 is 0 Å². The van der Waals surface area contributed by atoms with Crippen molar-refractivity contribution in [2.45, 2.75) is 82.2 Å². The van der Waals surface area contributed by atoms with Gasteiger partial charge in [-0.2, -0.15) is 11.1 Å². The maximum atomic E-state index is 16.2. The van der Waals surface area contributed by atoms with Crippen molar-refractivity contribution in [2.75, 3.05) is 0 Å². The van der Waals surface area contributed by atoms with E-state index in [0.29, 0.717) is 0 Å². The first-order valence-corrected chi connectivity index (χ1v) is 20.8. The molecule has 0 saturated carbocycles. The molecule has 0 aromatic heterocycles. The van der Waals surface area contributed by atoms with Crippen molar-refractivity contribution in [1.82, 2.24) is 0 Å². The first-order valence-electron chi connectivity index (χ1n) is 7.50. The predicted molar refractivity (Wildman–Crippen MR) is 101 cm³/mol. The fraction of sp³-hybridized carbons (Fsp3) is 1.00. The molecule has 0 rings (SSSR count). The summed E-state index contributed by atoms with van der Waals surface area (Å²) in [6, 6.07) is 1.47. The van der Waals surface area contributed by atoms with Crippen LogP contribution in [0.4, 0.5) is 4.11 Å². The van der Waals surface area contributed by atoms with Crippen LogP contribution in [0.15, 0.2) is 0 Å². The predicted octanol–water partition coefficient (Wildman–Crippen LogP) is 6.42. The summed E-state index contributed by atoms with van der Waals surface area (Å²) in [5.41, 5.74) is 0. The van der Waals surface area contributed by atoms with Crippen molar-refractivity contribution in [2.24, 2.45) is 0 Å². The van der Waals surface area contributed by atoms with Crippen LogP contribution in [0, 0.1) is 0 Å². The van der Waals surface area contributed by atoms with E-state index in [1.165, 1.54) is 0 Å². The molecule has 6 heteroatoms. The zero-order valence-corrected chi connectivity index (χ0v) is 19.4. The molecule has 19 heavy (non-hydrogen) atoms. The highest BCUT2D eigenvalue weighted by Crippen LogP contribution is 2.63. The first-order chi connectivity index (χ1) is 8.12. The number of hydrogen-bond acceptors (Lipinski definition) is 0. The Hall–Kier alpha value is 1.09. The Kier molecular flexibility index (Phi) is 6.03. The van der Waals surface area contributed by atoms with Gasteiger partial charge in [0.05, 0.1) is 0 Å². The van der Waals surface area contributed by atoms with Gasteiger partial charge in [-0.05, 0) is 16.0 Å². The number of hydrogen-bond donors (Lipinski definition) is 0. The topological polar surface area (TPSA) is 0 Å². The molecule has 0 bridgehead atoms. The summed E-state index contributed by atoms with van der Waals surface area (Å²) in [7, 11) is -8.35. The van der Waals surface area contributed by atoms with Crippen LogP contribution < -0.4 is 0 Å². The summed E-state index contributed by atoms with van der Waals surface area (Å²) >= 11 is 7.07. The molecular weight excluding hydrogens is 323 g/mol. The van der Waals surface area contributed by atoms with Gasteiger partial charge in [-0.3, -0.25) is 0 Å². The lowest BCUT2D eigenvalue weighted by molar-refractivity contribution is 0.737. The van der Waals surface area contributed by atoms with Crippen molar-refractivity contribution >= 4 is 43.0 Å². The minimum Gasteiger partial charge on any atom is -0.314 e. The maximum Gasteiger partial charge on any atom is 0.246 e. The monoisotopic (exact) mass is 356 g/mol. The average molecular weight is 357 g/mol. The molecule has 0 unspecified atom stereocenters. The van der Waals surface area contributed by atoms with Crippen LogP contribution in [-0.2, 0) is 0 Å². The molecular formula is C13H34ClFSi4. The summed E-state index contributed by atoms with van der Waals surface area (Å²) in [5, 5.41) is 0. The van der Waals surface area contributed by atoms with E-state index >= 15 is 4.11 Å². The second-order valence-corrected chi connectivity index (χ2v) is 32.5. The molecule has 0 heterocycles. The smallest absolute Gasteiger partial charge is 0.246 e. The number of rotatable bonds is 6. The van der Waals surface area contributed by atoms with Gasteiger partial charge in [-0.15, -0.1) is 0 Å². The molecule has 0 radical (unpaired) electrons. The van der Waals surface area contributed by atoms with Crippen LogP contribution >= 0.6 is 11.1 Å². The van der Waals surface area contributed by atoms with Crippen molar-refractivity contribution < 1.29 is 4.11 Å². The molecule has 0 aromatic carbocycles. The SMILES string of the molecule is CC[Si](F)(CC)C([Si](C)(C)C)([Si](C)(C)C)[Si](C)(C)Cl. The Morgan fingerprint density at radius 1 is 0.789 bits per heavy atom. The van der Waals surface area contributed by atoms with Crippen LogP contribution in [0.5, 0.6) is 0 Å². The zero-order chi connectivity index (χ0) is 15.9. The summed E-state index contributed by atoms with van der Waals surface area (Å²) in [6.07, 6.45) is 0. The van der Waals surface area contributed by atoms with E-state index in [0.717, 1.165) is 12.1 Å². The van der Waals surface area contributed by atoms with Gasteiger partial charge in [0.15, 0.2) is 7.38 Å². The Morgan fingerprint density at radius 3 is 1.11 bits per heavy atom. The second-order valence-electron chi connectivity index (χ2n) is 8.39. The van der Waals surface area contributed by atoms with Gasteiger partial charge < -0.3 is 4.11 Å². The minimum absolute atomic E-state index is 0.0783. The van der Waals surface area contributed by atoms with Crippen molar-refractivity contribution in [3.8, 4) is 0 Å². The molecule has 0 aromatic rings. The summed E-state index contributed by atoms with van der Waals surface area (Å²) in [5.74, 6) is 0. The van der Waals surface area contributed by atoms with Crippen LogP contribution in [0.25, 0.3) is 0 Å². The lowest BCUT2D eigenvalue weighted by Gasteiger charge is -2.62. The maximum absolute atomic E-state index is 16.2. The van der Waals surface area contributed by atoms with Crippen LogP contribution in [0.2, 0.25) is 68.4 Å². The third-order valence-electron chi connectivity index (χ3n) is 4.93. The Labute approximate surface area is 129 Å². The van der Waals surface area contributed by atoms with Gasteiger partial charge in [0, 0.05) is 16.1 Å². The standard InChI is InChI=1S/C13H34ClFSi4/c1-11-19(15,12-2)13(16(3,4)5,17(6,7)8)18(9,10)14/h11-12H2,1-10H3. The molecule has 0 nitrogen and oxygen atoms in total. The average Bonchev–Trinajstić information content (AvgIpc) is 2.10. The summed E-state index contributed by atoms with van der Waals surface area (Å²) in [6.45, 7) is 22.8. The molecule has 0 aliphatic carbocycles. The zero-order valence-electron chi connectivity index (χ0n) is 14.7. The fourth-order valence-electron chi connectivity index (χ4n) is 5.57. The molecule has 0 atom stereocenters. The van der Waals surface area contributed by atoms with Crippen molar-refractivity contribution in [3.63, 3.8) is 0 Å². The Balaban J connectivity index is 6.61. The van der Waals surface area contributed by atoms with E-state index in [1.54, 1.807) is 0 Å². The Morgan fingerprint density at radius 2 is 1.05 bits per heavy atom. The van der Waals surface area contributed by atoms with Gasteiger partial charge in [0.1, 0.15) is 0 Å². The molecule has 0 aliphatic heterocycles. The summed E-state index contributed by atoms with van der Waals surface area (Å²) < 4.78 is 16.1. The minimum atomic E-state index is -2.83. The first kappa shape index (κ1) is 20.1. The number of halogens is 2.